The number of hydrogen-bond donors (Lipinski definition) is 1. The van der Waals surface area contributed by atoms with Crippen molar-refractivity contribution in [1.82, 2.24) is 0 Å². The van der Waals surface area contributed by atoms with Crippen LogP contribution in [-0.2, 0) is 0 Å². The van der Waals surface area contributed by atoms with E-state index in [4.69, 9.17) is 22.6 Å². The van der Waals surface area contributed by atoms with Crippen LogP contribution in [0.15, 0.2) is 18.2 Å². The van der Waals surface area contributed by atoms with Gasteiger partial charge >= 0.3 is 0 Å². The highest BCUT2D eigenvalue weighted by Crippen LogP contribution is 2.27. The van der Waals surface area contributed by atoms with E-state index in [9.17, 15) is 0 Å². The Morgan fingerprint density at radius 2 is 2.29 bits per heavy atom. The number of nitrogens with two attached hydrogens (primary N) is 1. The van der Waals surface area contributed by atoms with E-state index in [2.05, 4.69) is 6.92 Å². The zero-order chi connectivity index (χ0) is 10.6. The topological polar surface area (TPSA) is 49.8 Å². The fourth-order valence-electron chi connectivity index (χ4n) is 1.39. The van der Waals surface area contributed by atoms with E-state index in [0.29, 0.717) is 10.6 Å². The SMILES string of the molecule is CCCC(N)c1cccc(C#N)c1Cl. The van der Waals surface area contributed by atoms with Gasteiger partial charge in [0.15, 0.2) is 0 Å². The van der Waals surface area contributed by atoms with Crippen LogP contribution in [0.4, 0.5) is 0 Å². The predicted molar refractivity (Wildman–Crippen MR) is 58.0 cm³/mol. The summed E-state index contributed by atoms with van der Waals surface area (Å²) < 4.78 is 0. The Bertz CT molecular complexity index is 355. The molecule has 0 bridgehead atoms. The van der Waals surface area contributed by atoms with E-state index in [-0.39, 0.29) is 6.04 Å². The molecule has 0 aliphatic rings. The minimum atomic E-state index is -0.0687. The van der Waals surface area contributed by atoms with Crippen molar-refractivity contribution in [1.29, 1.82) is 5.26 Å². The van der Waals surface area contributed by atoms with Crippen molar-refractivity contribution < 1.29 is 0 Å². The first-order valence-electron chi connectivity index (χ1n) is 4.64. The lowest BCUT2D eigenvalue weighted by Gasteiger charge is -2.12. The van der Waals surface area contributed by atoms with Gasteiger partial charge in [0, 0.05) is 6.04 Å². The molecule has 0 fully saturated rings. The van der Waals surface area contributed by atoms with Gasteiger partial charge in [0.1, 0.15) is 6.07 Å². The molecule has 0 heterocycles. The minimum Gasteiger partial charge on any atom is -0.324 e. The lowest BCUT2D eigenvalue weighted by molar-refractivity contribution is 0.638. The Kier molecular flexibility index (Phi) is 3.94. The van der Waals surface area contributed by atoms with Crippen molar-refractivity contribution in [3.8, 4) is 6.07 Å². The van der Waals surface area contributed by atoms with Gasteiger partial charge in [-0.05, 0) is 18.1 Å². The summed E-state index contributed by atoms with van der Waals surface area (Å²) in [6, 6.07) is 7.37. The van der Waals surface area contributed by atoms with Gasteiger partial charge in [0.2, 0.25) is 0 Å². The number of hydrogen-bond acceptors (Lipinski definition) is 2. The van der Waals surface area contributed by atoms with Gasteiger partial charge in [0.25, 0.3) is 0 Å². The van der Waals surface area contributed by atoms with E-state index in [1.165, 1.54) is 0 Å². The summed E-state index contributed by atoms with van der Waals surface area (Å²) in [7, 11) is 0. The average Bonchev–Trinajstić information content (AvgIpc) is 2.18. The highest BCUT2D eigenvalue weighted by Gasteiger charge is 2.11. The van der Waals surface area contributed by atoms with Gasteiger partial charge in [-0.3, -0.25) is 0 Å². The second-order valence-corrected chi connectivity index (χ2v) is 3.59. The van der Waals surface area contributed by atoms with Crippen LogP contribution in [0.25, 0.3) is 0 Å². The molecule has 2 N–H and O–H groups in total. The van der Waals surface area contributed by atoms with Crippen molar-refractivity contribution in [3.63, 3.8) is 0 Å². The van der Waals surface area contributed by atoms with E-state index >= 15 is 0 Å². The van der Waals surface area contributed by atoms with Gasteiger partial charge in [-0.25, -0.2) is 0 Å². The van der Waals surface area contributed by atoms with Crippen molar-refractivity contribution in [2.45, 2.75) is 25.8 Å². The first-order valence-corrected chi connectivity index (χ1v) is 5.02. The summed E-state index contributed by atoms with van der Waals surface area (Å²) in [5.74, 6) is 0. The molecular formula is C11H13ClN2. The van der Waals surface area contributed by atoms with Crippen molar-refractivity contribution in [2.24, 2.45) is 5.73 Å². The predicted octanol–water partition coefficient (Wildman–Crippen LogP) is 3.01. The molecule has 1 aromatic rings. The van der Waals surface area contributed by atoms with E-state index in [1.807, 2.05) is 18.2 Å². The van der Waals surface area contributed by atoms with Crippen LogP contribution in [0, 0.1) is 11.3 Å². The molecule has 0 aliphatic heterocycles. The molecule has 74 valence electrons. The molecule has 0 amide bonds. The summed E-state index contributed by atoms with van der Waals surface area (Å²) in [6.45, 7) is 2.07. The largest absolute Gasteiger partial charge is 0.324 e. The normalized spacial score (nSPS) is 12.1. The highest BCUT2D eigenvalue weighted by molar-refractivity contribution is 6.32. The fraction of sp³-hybridized carbons (Fsp3) is 0.364. The minimum absolute atomic E-state index is 0.0687. The first kappa shape index (κ1) is 11.0. The summed E-state index contributed by atoms with van der Waals surface area (Å²) in [6.07, 6.45) is 1.89. The Morgan fingerprint density at radius 3 is 2.86 bits per heavy atom. The number of nitrogens with zero attached hydrogens (tertiary/aromatic N) is 1. The Hall–Kier alpha value is -1.04. The maximum absolute atomic E-state index is 8.78. The summed E-state index contributed by atoms with van der Waals surface area (Å²) in [5, 5.41) is 9.28. The molecule has 2 nitrogen and oxygen atoms in total. The highest BCUT2D eigenvalue weighted by atomic mass is 35.5. The molecule has 0 aliphatic carbocycles. The molecule has 0 aromatic heterocycles. The average molecular weight is 209 g/mol. The monoisotopic (exact) mass is 208 g/mol. The molecule has 1 rings (SSSR count). The Balaban J connectivity index is 3.04. The smallest absolute Gasteiger partial charge is 0.101 e. The standard InChI is InChI=1S/C11H13ClN2/c1-2-4-10(14)9-6-3-5-8(7-13)11(9)12/h3,5-6,10H,2,4,14H2,1H3. The van der Waals surface area contributed by atoms with Crippen LogP contribution < -0.4 is 5.73 Å². The lowest BCUT2D eigenvalue weighted by Crippen LogP contribution is -2.10. The van der Waals surface area contributed by atoms with Crippen LogP contribution in [-0.4, -0.2) is 0 Å². The number of halogens is 1. The Labute approximate surface area is 89.3 Å². The summed E-state index contributed by atoms with van der Waals surface area (Å²) in [5.41, 5.74) is 7.30. The fourth-order valence-corrected chi connectivity index (χ4v) is 1.70. The van der Waals surface area contributed by atoms with Crippen molar-refractivity contribution >= 4 is 11.6 Å². The van der Waals surface area contributed by atoms with Gasteiger partial charge < -0.3 is 5.73 Å². The van der Waals surface area contributed by atoms with Crippen LogP contribution in [0.2, 0.25) is 5.02 Å². The number of benzene rings is 1. The lowest BCUT2D eigenvalue weighted by atomic mass is 10.0. The van der Waals surface area contributed by atoms with E-state index < -0.39 is 0 Å². The van der Waals surface area contributed by atoms with Crippen molar-refractivity contribution in [3.05, 3.63) is 34.3 Å². The number of nitriles is 1. The van der Waals surface area contributed by atoms with Crippen LogP contribution in [0.5, 0.6) is 0 Å². The molecule has 0 radical (unpaired) electrons. The molecule has 1 unspecified atom stereocenters. The van der Waals surface area contributed by atoms with Crippen LogP contribution in [0.1, 0.15) is 36.9 Å². The summed E-state index contributed by atoms with van der Waals surface area (Å²) in [4.78, 5) is 0. The van der Waals surface area contributed by atoms with Gasteiger partial charge in [-0.1, -0.05) is 37.1 Å². The second kappa shape index (κ2) is 4.99. The molecule has 14 heavy (non-hydrogen) atoms. The van der Waals surface area contributed by atoms with Gasteiger partial charge in [0.05, 0.1) is 10.6 Å². The second-order valence-electron chi connectivity index (χ2n) is 3.22. The van der Waals surface area contributed by atoms with E-state index in [1.54, 1.807) is 6.07 Å². The molecular weight excluding hydrogens is 196 g/mol. The van der Waals surface area contributed by atoms with Crippen LogP contribution in [0.3, 0.4) is 0 Å². The number of rotatable bonds is 3. The molecule has 3 heteroatoms. The zero-order valence-corrected chi connectivity index (χ0v) is 8.88. The molecule has 0 saturated heterocycles. The molecule has 0 spiro atoms. The molecule has 0 saturated carbocycles. The van der Waals surface area contributed by atoms with Crippen LogP contribution >= 0.6 is 11.6 Å². The molecule has 1 atom stereocenters. The third kappa shape index (κ3) is 2.25. The third-order valence-corrected chi connectivity index (χ3v) is 2.57. The maximum Gasteiger partial charge on any atom is 0.101 e. The zero-order valence-electron chi connectivity index (χ0n) is 8.13. The molecule has 1 aromatic carbocycles. The Morgan fingerprint density at radius 1 is 1.57 bits per heavy atom. The van der Waals surface area contributed by atoms with Gasteiger partial charge in [-0.15, -0.1) is 0 Å². The van der Waals surface area contributed by atoms with E-state index in [0.717, 1.165) is 18.4 Å². The summed E-state index contributed by atoms with van der Waals surface area (Å²) >= 11 is 6.04. The third-order valence-electron chi connectivity index (χ3n) is 2.15. The maximum atomic E-state index is 8.78. The first-order chi connectivity index (χ1) is 6.70. The van der Waals surface area contributed by atoms with Gasteiger partial charge in [-0.2, -0.15) is 5.26 Å². The quantitative estimate of drug-likeness (QED) is 0.830. The van der Waals surface area contributed by atoms with Crippen molar-refractivity contribution in [2.75, 3.05) is 0 Å².